The highest BCUT2D eigenvalue weighted by atomic mass is 16.4. The summed E-state index contributed by atoms with van der Waals surface area (Å²) in [5.74, 6) is 5.22. The molecule has 0 N–H and O–H groups in total. The lowest BCUT2D eigenvalue weighted by atomic mass is 9.96. The van der Waals surface area contributed by atoms with Crippen LogP contribution in [0.4, 0.5) is 0 Å². The van der Waals surface area contributed by atoms with E-state index in [4.69, 9.17) is 12.8 Å². The summed E-state index contributed by atoms with van der Waals surface area (Å²) in [7, 11) is 3.25. The molecule has 1 nitrogen and oxygen atoms in total. The van der Waals surface area contributed by atoms with Crippen LogP contribution in [0.3, 0.4) is 0 Å². The fourth-order valence-corrected chi connectivity index (χ4v) is 2.42. The molecule has 150 valence electrons. The Kier molecular flexibility index (Phi) is 18.7. The molecule has 1 aromatic carbocycles. The number of benzene rings is 1. The average Bonchev–Trinajstić information content (AvgIpc) is 2.73. The highest BCUT2D eigenvalue weighted by Crippen LogP contribution is 2.20. The van der Waals surface area contributed by atoms with Gasteiger partial charge in [-0.1, -0.05) is 82.7 Å². The summed E-state index contributed by atoms with van der Waals surface area (Å²) < 4.78 is 4.25. The zero-order valence-corrected chi connectivity index (χ0v) is 18.5. The van der Waals surface area contributed by atoms with Gasteiger partial charge in [0.25, 0.3) is 0 Å². The van der Waals surface area contributed by atoms with E-state index in [0.717, 1.165) is 24.0 Å². The molecule has 0 saturated heterocycles. The van der Waals surface area contributed by atoms with Crippen LogP contribution in [0.1, 0.15) is 50.8 Å². The number of aryl methyl sites for hydroxylation is 2. The molecule has 0 aromatic heterocycles. The van der Waals surface area contributed by atoms with E-state index in [0.29, 0.717) is 6.42 Å². The minimum Gasteiger partial charge on any atom is -0.388 e. The second-order valence-corrected chi connectivity index (χ2v) is 5.55. The van der Waals surface area contributed by atoms with Crippen LogP contribution in [0, 0.1) is 24.7 Å². The third kappa shape index (κ3) is 11.1. The first-order valence-corrected chi connectivity index (χ1v) is 9.73. The van der Waals surface area contributed by atoms with Gasteiger partial charge < -0.3 is 4.74 Å². The lowest BCUT2D eigenvalue weighted by Gasteiger charge is -2.09. The third-order valence-electron chi connectivity index (χ3n) is 3.66. The van der Waals surface area contributed by atoms with E-state index in [9.17, 15) is 0 Å². The standard InChI is InChI=1S/C23H24.C2H6O.C2H6/c1-6-12-19(8-3)18-20(13-7-2)16-17-23-21(9-4)14-11-15-22(23)10-5;1-3-2;1-2/h1-2,8,11,13-18H,3,9-10,12H2,4-5H3;1-2H3;1-2H3/b17-16+,19-18+,20-13-;;. The Bertz CT molecular complexity index is 708. The first-order valence-electron chi connectivity index (χ1n) is 9.73. The highest BCUT2D eigenvalue weighted by molar-refractivity contribution is 5.62. The van der Waals surface area contributed by atoms with Crippen LogP contribution < -0.4 is 0 Å². The van der Waals surface area contributed by atoms with Crippen molar-refractivity contribution in [1.29, 1.82) is 0 Å². The van der Waals surface area contributed by atoms with Gasteiger partial charge in [0.05, 0.1) is 0 Å². The molecule has 0 fully saturated rings. The first-order chi connectivity index (χ1) is 13.6. The van der Waals surface area contributed by atoms with Gasteiger partial charge >= 0.3 is 0 Å². The van der Waals surface area contributed by atoms with Gasteiger partial charge in [0, 0.05) is 20.6 Å². The quantitative estimate of drug-likeness (QED) is 0.375. The maximum absolute atomic E-state index is 5.45. The zero-order chi connectivity index (χ0) is 21.8. The van der Waals surface area contributed by atoms with Crippen molar-refractivity contribution in [2.45, 2.75) is 47.0 Å². The number of rotatable bonds is 7. The van der Waals surface area contributed by atoms with Crippen molar-refractivity contribution in [3.8, 4) is 24.7 Å². The molecule has 0 bridgehead atoms. The molecule has 0 aliphatic carbocycles. The Morgan fingerprint density at radius 3 is 2.04 bits per heavy atom. The SMILES string of the molecule is C#C/C=C(\C=C(/C=C)CC#C)/C=C/c1c(CC)cccc1CC.CC.COC. The lowest BCUT2D eigenvalue weighted by molar-refractivity contribution is 0.277. The minimum atomic E-state index is 0.547. The molecule has 0 aliphatic rings. The van der Waals surface area contributed by atoms with Crippen LogP contribution >= 0.6 is 0 Å². The van der Waals surface area contributed by atoms with Gasteiger partial charge in [-0.3, -0.25) is 0 Å². The molecule has 0 amide bonds. The second-order valence-electron chi connectivity index (χ2n) is 5.55. The molecule has 1 aromatic rings. The third-order valence-corrected chi connectivity index (χ3v) is 3.66. The summed E-state index contributed by atoms with van der Waals surface area (Å²) in [6.07, 6.45) is 23.1. The fraction of sp³-hybridized carbons (Fsp3) is 0.333. The van der Waals surface area contributed by atoms with Crippen molar-refractivity contribution in [2.75, 3.05) is 14.2 Å². The Balaban J connectivity index is 0. The van der Waals surface area contributed by atoms with Crippen molar-refractivity contribution < 1.29 is 4.74 Å². The van der Waals surface area contributed by atoms with Crippen LogP contribution in [-0.4, -0.2) is 14.2 Å². The van der Waals surface area contributed by atoms with E-state index in [1.807, 2.05) is 26.0 Å². The average molecular weight is 377 g/mol. The molecule has 0 radical (unpaired) electrons. The maximum Gasteiger partial charge on any atom is 0.0351 e. The molecule has 0 spiro atoms. The van der Waals surface area contributed by atoms with Gasteiger partial charge in [-0.05, 0) is 46.8 Å². The highest BCUT2D eigenvalue weighted by Gasteiger charge is 2.03. The Morgan fingerprint density at radius 2 is 1.64 bits per heavy atom. The minimum absolute atomic E-state index is 0.547. The van der Waals surface area contributed by atoms with Crippen LogP contribution in [0.15, 0.2) is 60.2 Å². The smallest absolute Gasteiger partial charge is 0.0351 e. The Morgan fingerprint density at radius 1 is 1.11 bits per heavy atom. The molecule has 0 aliphatic heterocycles. The van der Waals surface area contributed by atoms with E-state index < -0.39 is 0 Å². The van der Waals surface area contributed by atoms with Gasteiger partial charge in [-0.2, -0.15) is 0 Å². The van der Waals surface area contributed by atoms with Crippen molar-refractivity contribution in [3.63, 3.8) is 0 Å². The number of methoxy groups -OCH3 is 1. The topological polar surface area (TPSA) is 9.23 Å². The van der Waals surface area contributed by atoms with Gasteiger partial charge in [-0.15, -0.1) is 18.8 Å². The summed E-state index contributed by atoms with van der Waals surface area (Å²) in [6.45, 7) is 12.1. The fourth-order valence-electron chi connectivity index (χ4n) is 2.42. The molecule has 0 unspecified atom stereocenters. The summed E-state index contributed by atoms with van der Waals surface area (Å²) >= 11 is 0. The van der Waals surface area contributed by atoms with Crippen LogP contribution in [0.25, 0.3) is 6.08 Å². The number of ether oxygens (including phenoxy) is 1. The summed E-state index contributed by atoms with van der Waals surface area (Å²) in [4.78, 5) is 0. The molecular weight excluding hydrogens is 340 g/mol. The predicted molar refractivity (Wildman–Crippen MR) is 127 cm³/mol. The van der Waals surface area contributed by atoms with E-state index in [-0.39, 0.29) is 0 Å². The van der Waals surface area contributed by atoms with Crippen LogP contribution in [0.5, 0.6) is 0 Å². The normalized spacial score (nSPS) is 10.7. The number of allylic oxidation sites excluding steroid dienone is 6. The summed E-state index contributed by atoms with van der Waals surface area (Å²) in [5, 5.41) is 0. The van der Waals surface area contributed by atoms with E-state index in [1.54, 1.807) is 26.4 Å². The van der Waals surface area contributed by atoms with Gasteiger partial charge in [0.2, 0.25) is 0 Å². The van der Waals surface area contributed by atoms with Crippen molar-refractivity contribution in [3.05, 3.63) is 76.9 Å². The maximum atomic E-state index is 5.45. The van der Waals surface area contributed by atoms with Crippen LogP contribution in [0.2, 0.25) is 0 Å². The number of hydrogen-bond donors (Lipinski definition) is 0. The second kappa shape index (κ2) is 19.0. The van der Waals surface area contributed by atoms with Crippen molar-refractivity contribution in [2.24, 2.45) is 0 Å². The van der Waals surface area contributed by atoms with E-state index in [2.05, 4.69) is 61.3 Å². The van der Waals surface area contributed by atoms with Gasteiger partial charge in [-0.25, -0.2) is 0 Å². The van der Waals surface area contributed by atoms with Gasteiger partial charge in [0.15, 0.2) is 0 Å². The summed E-state index contributed by atoms with van der Waals surface area (Å²) in [5.41, 5.74) is 5.91. The zero-order valence-electron chi connectivity index (χ0n) is 18.5. The molecule has 28 heavy (non-hydrogen) atoms. The van der Waals surface area contributed by atoms with E-state index >= 15 is 0 Å². The van der Waals surface area contributed by atoms with Crippen molar-refractivity contribution in [1.82, 2.24) is 0 Å². The lowest BCUT2D eigenvalue weighted by Crippen LogP contribution is -1.93. The number of terminal acetylenes is 2. The monoisotopic (exact) mass is 376 g/mol. The molecule has 0 saturated carbocycles. The van der Waals surface area contributed by atoms with Crippen LogP contribution in [-0.2, 0) is 17.6 Å². The first kappa shape index (κ1) is 27.5. The molecule has 1 heteroatoms. The van der Waals surface area contributed by atoms with Crippen molar-refractivity contribution >= 4 is 6.08 Å². The molecule has 0 heterocycles. The largest absolute Gasteiger partial charge is 0.388 e. The molecule has 1 rings (SSSR count). The molecular formula is C27H36O. The Labute approximate surface area is 173 Å². The van der Waals surface area contributed by atoms with Gasteiger partial charge in [0.1, 0.15) is 0 Å². The van der Waals surface area contributed by atoms with E-state index in [1.165, 1.54) is 16.7 Å². The molecule has 0 atom stereocenters. The predicted octanol–water partition coefficient (Wildman–Crippen LogP) is 6.81. The summed E-state index contributed by atoms with van der Waals surface area (Å²) in [6, 6.07) is 6.47. The number of hydrogen-bond acceptors (Lipinski definition) is 1. The Hall–Kier alpha value is -2.74.